The van der Waals surface area contributed by atoms with Crippen molar-refractivity contribution in [2.75, 3.05) is 17.7 Å². The number of rotatable bonds is 8. The first-order valence-electron chi connectivity index (χ1n) is 12.4. The van der Waals surface area contributed by atoms with Crippen LogP contribution in [0.5, 0.6) is 5.88 Å². The quantitative estimate of drug-likeness (QED) is 0.217. The molecule has 3 heterocycles. The Morgan fingerprint density at radius 3 is 1.74 bits per heavy atom. The van der Waals surface area contributed by atoms with Crippen LogP contribution in [0.3, 0.4) is 0 Å². The molecule has 0 radical (unpaired) electrons. The van der Waals surface area contributed by atoms with Crippen molar-refractivity contribution in [1.29, 1.82) is 0 Å². The van der Waals surface area contributed by atoms with Gasteiger partial charge in [0.25, 0.3) is 0 Å². The molecule has 0 aliphatic carbocycles. The molecule has 0 saturated carbocycles. The summed E-state index contributed by atoms with van der Waals surface area (Å²) in [6.45, 7) is 4.16. The summed E-state index contributed by atoms with van der Waals surface area (Å²) in [7, 11) is 1.59. The molecule has 0 unspecified atom stereocenters. The SMILES string of the molecule is COc1ccc(-c2cncc(N[C@@H](C)c3ccccc3)n2)cn1.C[C@H](Nc1cncc(Cl)n1)c1ccccc1. The van der Waals surface area contributed by atoms with Gasteiger partial charge in [-0.25, -0.2) is 15.0 Å². The second kappa shape index (κ2) is 13.8. The van der Waals surface area contributed by atoms with Crippen LogP contribution in [0.2, 0.25) is 5.15 Å². The fraction of sp³-hybridized carbons (Fsp3) is 0.167. The Labute approximate surface area is 233 Å². The average Bonchev–Trinajstić information content (AvgIpc) is 2.98. The van der Waals surface area contributed by atoms with Crippen LogP contribution in [-0.2, 0) is 0 Å². The highest BCUT2D eigenvalue weighted by molar-refractivity contribution is 6.29. The fourth-order valence-corrected chi connectivity index (χ4v) is 3.88. The molecule has 0 aliphatic rings. The number of hydrogen-bond donors (Lipinski definition) is 2. The Morgan fingerprint density at radius 2 is 1.23 bits per heavy atom. The van der Waals surface area contributed by atoms with Crippen LogP contribution in [0, 0.1) is 0 Å². The smallest absolute Gasteiger partial charge is 0.212 e. The summed E-state index contributed by atoms with van der Waals surface area (Å²) in [6.07, 6.45) is 8.35. The third kappa shape index (κ3) is 8.21. The van der Waals surface area contributed by atoms with Gasteiger partial charge in [-0.3, -0.25) is 9.97 Å². The summed E-state index contributed by atoms with van der Waals surface area (Å²) >= 11 is 5.76. The van der Waals surface area contributed by atoms with Crippen molar-refractivity contribution in [3.63, 3.8) is 0 Å². The molecular formula is C30H30ClN7O. The normalized spacial score (nSPS) is 11.9. The first-order valence-corrected chi connectivity index (χ1v) is 12.8. The Kier molecular flexibility index (Phi) is 9.74. The number of halogens is 1. The number of benzene rings is 2. The predicted octanol–water partition coefficient (Wildman–Crippen LogP) is 7.02. The van der Waals surface area contributed by atoms with Gasteiger partial charge in [0.2, 0.25) is 5.88 Å². The fourth-order valence-electron chi connectivity index (χ4n) is 3.73. The molecule has 9 heteroatoms. The van der Waals surface area contributed by atoms with Gasteiger partial charge < -0.3 is 15.4 Å². The highest BCUT2D eigenvalue weighted by Gasteiger charge is 2.08. The van der Waals surface area contributed by atoms with E-state index in [4.69, 9.17) is 16.3 Å². The minimum absolute atomic E-state index is 0.148. The monoisotopic (exact) mass is 539 g/mol. The highest BCUT2D eigenvalue weighted by atomic mass is 35.5. The van der Waals surface area contributed by atoms with Crippen molar-refractivity contribution in [1.82, 2.24) is 24.9 Å². The maximum Gasteiger partial charge on any atom is 0.212 e. The van der Waals surface area contributed by atoms with Gasteiger partial charge in [0.15, 0.2) is 0 Å². The van der Waals surface area contributed by atoms with Crippen molar-refractivity contribution in [3.8, 4) is 17.1 Å². The molecule has 0 fully saturated rings. The molecule has 0 aliphatic heterocycles. The highest BCUT2D eigenvalue weighted by Crippen LogP contribution is 2.22. The number of pyridine rings is 1. The van der Waals surface area contributed by atoms with Crippen LogP contribution in [-0.4, -0.2) is 32.0 Å². The number of nitrogens with zero attached hydrogens (tertiary/aromatic N) is 5. The second-order valence-corrected chi connectivity index (χ2v) is 9.05. The molecule has 198 valence electrons. The Balaban J connectivity index is 0.000000193. The number of ether oxygens (including phenoxy) is 1. The molecule has 0 amide bonds. The molecule has 3 aromatic heterocycles. The van der Waals surface area contributed by atoms with Crippen LogP contribution in [0.25, 0.3) is 11.3 Å². The van der Waals surface area contributed by atoms with E-state index < -0.39 is 0 Å². The lowest BCUT2D eigenvalue weighted by Crippen LogP contribution is -2.08. The molecule has 5 aromatic rings. The first kappa shape index (κ1) is 27.5. The van der Waals surface area contributed by atoms with Gasteiger partial charge >= 0.3 is 0 Å². The van der Waals surface area contributed by atoms with Crippen molar-refractivity contribution in [3.05, 3.63) is 120 Å². The van der Waals surface area contributed by atoms with E-state index in [-0.39, 0.29) is 12.1 Å². The molecule has 2 atom stereocenters. The van der Waals surface area contributed by atoms with Gasteiger partial charge in [0, 0.05) is 29.9 Å². The van der Waals surface area contributed by atoms with E-state index in [0.717, 1.165) is 17.1 Å². The summed E-state index contributed by atoms with van der Waals surface area (Å²) < 4.78 is 5.07. The first-order chi connectivity index (χ1) is 19.0. The maximum absolute atomic E-state index is 5.76. The minimum Gasteiger partial charge on any atom is -0.481 e. The van der Waals surface area contributed by atoms with Gasteiger partial charge in [-0.15, -0.1) is 0 Å². The van der Waals surface area contributed by atoms with E-state index in [9.17, 15) is 0 Å². The molecule has 5 rings (SSSR count). The molecule has 2 N–H and O–H groups in total. The molecule has 8 nitrogen and oxygen atoms in total. The van der Waals surface area contributed by atoms with Crippen LogP contribution >= 0.6 is 11.6 Å². The Morgan fingerprint density at radius 1 is 0.667 bits per heavy atom. The van der Waals surface area contributed by atoms with Gasteiger partial charge in [-0.2, -0.15) is 0 Å². The van der Waals surface area contributed by atoms with E-state index >= 15 is 0 Å². The van der Waals surface area contributed by atoms with Crippen LogP contribution in [0.15, 0.2) is 104 Å². The van der Waals surface area contributed by atoms with Gasteiger partial charge in [-0.1, -0.05) is 72.3 Å². The number of methoxy groups -OCH3 is 1. The summed E-state index contributed by atoms with van der Waals surface area (Å²) in [5.74, 6) is 1.99. The van der Waals surface area contributed by atoms with Crippen molar-refractivity contribution >= 4 is 23.2 Å². The van der Waals surface area contributed by atoms with Crippen LogP contribution in [0.4, 0.5) is 11.6 Å². The van der Waals surface area contributed by atoms with Crippen molar-refractivity contribution in [2.45, 2.75) is 25.9 Å². The lowest BCUT2D eigenvalue weighted by molar-refractivity contribution is 0.398. The maximum atomic E-state index is 5.76. The van der Waals surface area contributed by atoms with Crippen LogP contribution in [0.1, 0.15) is 37.1 Å². The summed E-state index contributed by atoms with van der Waals surface area (Å²) in [4.78, 5) is 21.2. The van der Waals surface area contributed by atoms with E-state index in [1.807, 2.05) is 48.5 Å². The summed E-state index contributed by atoms with van der Waals surface area (Å²) in [5.41, 5.74) is 4.06. The zero-order chi connectivity index (χ0) is 27.5. The molecule has 0 saturated heterocycles. The van der Waals surface area contributed by atoms with E-state index in [1.165, 1.54) is 17.3 Å². The number of nitrogens with one attached hydrogen (secondary N) is 2. The molecule has 39 heavy (non-hydrogen) atoms. The zero-order valence-corrected chi connectivity index (χ0v) is 22.7. The third-order valence-electron chi connectivity index (χ3n) is 5.81. The van der Waals surface area contributed by atoms with E-state index in [1.54, 1.807) is 31.9 Å². The summed E-state index contributed by atoms with van der Waals surface area (Å²) in [5, 5.41) is 7.01. The predicted molar refractivity (Wildman–Crippen MR) is 156 cm³/mol. The minimum atomic E-state index is 0.148. The lowest BCUT2D eigenvalue weighted by atomic mass is 10.1. The molecule has 0 bridgehead atoms. The lowest BCUT2D eigenvalue weighted by Gasteiger charge is -2.15. The number of hydrogen-bond acceptors (Lipinski definition) is 8. The number of aromatic nitrogens is 5. The molecule has 0 spiro atoms. The number of anilines is 2. The summed E-state index contributed by atoms with van der Waals surface area (Å²) in [6, 6.07) is 24.4. The average molecular weight is 540 g/mol. The zero-order valence-electron chi connectivity index (χ0n) is 22.0. The van der Waals surface area contributed by atoms with Gasteiger partial charge in [0.1, 0.15) is 16.8 Å². The van der Waals surface area contributed by atoms with E-state index in [0.29, 0.717) is 16.9 Å². The van der Waals surface area contributed by atoms with Crippen molar-refractivity contribution in [2.24, 2.45) is 0 Å². The van der Waals surface area contributed by atoms with Crippen LogP contribution < -0.4 is 15.4 Å². The second-order valence-electron chi connectivity index (χ2n) is 8.66. The Hall–Kier alpha value is -4.56. The van der Waals surface area contributed by atoms with Gasteiger partial charge in [0.05, 0.1) is 37.6 Å². The largest absolute Gasteiger partial charge is 0.481 e. The van der Waals surface area contributed by atoms with Gasteiger partial charge in [-0.05, 0) is 31.0 Å². The standard InChI is InChI=1S/C18H18N4O.C12H12ClN3/c1-13(14-6-4-3-5-7-14)21-17-12-19-11-16(22-17)15-8-9-18(23-2)20-10-15;1-9(10-5-3-2-4-6-10)15-12-8-14-7-11(13)16-12/h3-13H,1-2H3,(H,21,22);2-9H,1H3,(H,15,16)/t13-;9-/m00/s1. The van der Waals surface area contributed by atoms with E-state index in [2.05, 4.69) is 73.7 Å². The Bertz CT molecular complexity index is 1440. The topological polar surface area (TPSA) is 97.7 Å². The third-order valence-corrected chi connectivity index (χ3v) is 5.99. The molecular weight excluding hydrogens is 510 g/mol. The van der Waals surface area contributed by atoms with Crippen molar-refractivity contribution < 1.29 is 4.74 Å². The molecule has 2 aromatic carbocycles.